The van der Waals surface area contributed by atoms with Crippen LogP contribution in [0.1, 0.15) is 77.2 Å². The molecule has 2 aromatic carbocycles. The van der Waals surface area contributed by atoms with Crippen LogP contribution in [0.4, 0.5) is 4.39 Å². The van der Waals surface area contributed by atoms with Gasteiger partial charge in [0.15, 0.2) is 0 Å². The van der Waals surface area contributed by atoms with E-state index >= 15 is 0 Å². The van der Waals surface area contributed by atoms with Crippen molar-refractivity contribution in [1.82, 2.24) is 9.62 Å². The molecule has 1 aliphatic heterocycles. The molecule has 2 aliphatic rings. The Bertz CT molecular complexity index is 1280. The second kappa shape index (κ2) is 10.3. The van der Waals surface area contributed by atoms with Crippen molar-refractivity contribution in [3.63, 3.8) is 0 Å². The Balaban J connectivity index is 1.96. The van der Waals surface area contributed by atoms with Crippen LogP contribution in [0, 0.1) is 19.7 Å². The molecular formula is C27H33FN2O5S. The quantitative estimate of drug-likeness (QED) is 0.583. The number of halogens is 1. The average molecular weight is 517 g/mol. The van der Waals surface area contributed by atoms with E-state index in [9.17, 15) is 22.4 Å². The molecule has 2 aromatic rings. The summed E-state index contributed by atoms with van der Waals surface area (Å²) in [6.07, 6.45) is 3.83. The fraction of sp³-hybridized carbons (Fsp3) is 0.481. The number of hydrogen-bond donors (Lipinski definition) is 1. The Hall–Kier alpha value is -2.78. The third-order valence-electron chi connectivity index (χ3n) is 7.17. The highest BCUT2D eigenvalue weighted by molar-refractivity contribution is 7.88. The summed E-state index contributed by atoms with van der Waals surface area (Å²) < 4.78 is 47.0. The van der Waals surface area contributed by atoms with E-state index in [1.807, 2.05) is 32.0 Å². The van der Waals surface area contributed by atoms with Crippen LogP contribution in [0.5, 0.6) is 0 Å². The molecule has 0 spiro atoms. The van der Waals surface area contributed by atoms with E-state index in [-0.39, 0.29) is 12.2 Å². The Morgan fingerprint density at radius 3 is 2.47 bits per heavy atom. The lowest BCUT2D eigenvalue weighted by Gasteiger charge is -2.49. The van der Waals surface area contributed by atoms with Gasteiger partial charge in [0, 0.05) is 17.6 Å². The van der Waals surface area contributed by atoms with E-state index in [1.165, 1.54) is 12.1 Å². The maximum absolute atomic E-state index is 14.4. The molecular weight excluding hydrogens is 483 g/mol. The van der Waals surface area contributed by atoms with E-state index < -0.39 is 51.8 Å². The molecule has 1 aliphatic carbocycles. The molecule has 9 heteroatoms. The standard InChI is InChI=1S/C27H33FN2O5S/c1-5-35-27(32)24-20-13-11-18(28)15-21(20)26(31)30(25(24)19-12-10-16(2)14-17(19)3)23-9-7-6-8-22(23)29-36(4,33)34/h10-15,22-25,29H,5-9H2,1-4H3/t22-,23-,24+,25-/m0/s1. The number of aryl methyl sites for hydroxylation is 2. The number of carbonyl (C=O) groups is 2. The molecule has 0 bridgehead atoms. The highest BCUT2D eigenvalue weighted by atomic mass is 32.2. The highest BCUT2D eigenvalue weighted by Crippen LogP contribution is 2.47. The summed E-state index contributed by atoms with van der Waals surface area (Å²) in [5.74, 6) is -2.39. The van der Waals surface area contributed by atoms with E-state index in [0.717, 1.165) is 41.9 Å². The minimum absolute atomic E-state index is 0.109. The summed E-state index contributed by atoms with van der Waals surface area (Å²) in [6.45, 7) is 5.77. The summed E-state index contributed by atoms with van der Waals surface area (Å²) in [4.78, 5) is 29.2. The fourth-order valence-electron chi connectivity index (χ4n) is 5.77. The van der Waals surface area contributed by atoms with E-state index in [4.69, 9.17) is 4.74 Å². The van der Waals surface area contributed by atoms with Gasteiger partial charge in [-0.2, -0.15) is 0 Å². The van der Waals surface area contributed by atoms with Gasteiger partial charge in [-0.15, -0.1) is 0 Å². The van der Waals surface area contributed by atoms with Crippen LogP contribution in [-0.2, 0) is 19.6 Å². The normalized spacial score (nSPS) is 24.4. The number of rotatable bonds is 6. The van der Waals surface area contributed by atoms with Crippen LogP contribution in [0.15, 0.2) is 36.4 Å². The number of benzene rings is 2. The molecule has 1 fully saturated rings. The van der Waals surface area contributed by atoms with Crippen LogP contribution in [-0.4, -0.2) is 50.1 Å². The number of fused-ring (bicyclic) bond motifs is 1. The number of nitrogens with zero attached hydrogens (tertiary/aromatic N) is 1. The highest BCUT2D eigenvalue weighted by Gasteiger charge is 2.50. The SMILES string of the molecule is CCOC(=O)[C@@H]1c2ccc(F)cc2C(=O)N([C@H]2CCCC[C@@H]2NS(C)(=O)=O)[C@H]1c1ccc(C)cc1C. The molecule has 1 amide bonds. The third kappa shape index (κ3) is 5.18. The van der Waals surface area contributed by atoms with Gasteiger partial charge in [0.1, 0.15) is 11.7 Å². The van der Waals surface area contributed by atoms with Crippen LogP contribution < -0.4 is 4.72 Å². The van der Waals surface area contributed by atoms with Gasteiger partial charge < -0.3 is 9.64 Å². The van der Waals surface area contributed by atoms with Gasteiger partial charge in [0.05, 0.1) is 18.9 Å². The van der Waals surface area contributed by atoms with Gasteiger partial charge in [-0.3, -0.25) is 9.59 Å². The lowest BCUT2D eigenvalue weighted by Crippen LogP contribution is -2.58. The van der Waals surface area contributed by atoms with Gasteiger partial charge >= 0.3 is 5.97 Å². The molecule has 194 valence electrons. The van der Waals surface area contributed by atoms with Crippen LogP contribution >= 0.6 is 0 Å². The second-order valence-electron chi connectivity index (χ2n) is 9.83. The molecule has 4 atom stereocenters. The van der Waals surface area contributed by atoms with Gasteiger partial charge in [-0.05, 0) is 62.4 Å². The largest absolute Gasteiger partial charge is 0.465 e. The van der Waals surface area contributed by atoms with Crippen molar-refractivity contribution < 1.29 is 27.1 Å². The van der Waals surface area contributed by atoms with Gasteiger partial charge in [0.25, 0.3) is 5.91 Å². The van der Waals surface area contributed by atoms with Crippen molar-refractivity contribution in [1.29, 1.82) is 0 Å². The van der Waals surface area contributed by atoms with E-state index in [1.54, 1.807) is 11.8 Å². The number of ether oxygens (including phenoxy) is 1. The van der Waals surface area contributed by atoms with Crippen LogP contribution in [0.25, 0.3) is 0 Å². The third-order valence-corrected chi connectivity index (χ3v) is 7.90. The molecule has 4 rings (SSSR count). The predicted molar refractivity (Wildman–Crippen MR) is 135 cm³/mol. The average Bonchev–Trinajstić information content (AvgIpc) is 2.79. The molecule has 0 radical (unpaired) electrons. The summed E-state index contributed by atoms with van der Waals surface area (Å²) >= 11 is 0. The minimum Gasteiger partial charge on any atom is -0.465 e. The number of amides is 1. The summed E-state index contributed by atoms with van der Waals surface area (Å²) in [7, 11) is -3.55. The minimum atomic E-state index is -3.55. The van der Waals surface area contributed by atoms with Crippen LogP contribution in [0.2, 0.25) is 0 Å². The van der Waals surface area contributed by atoms with Crippen molar-refractivity contribution in [2.24, 2.45) is 0 Å². The zero-order valence-corrected chi connectivity index (χ0v) is 21.9. The number of nitrogens with one attached hydrogen (secondary N) is 1. The van der Waals surface area contributed by atoms with Gasteiger partial charge in [0.2, 0.25) is 10.0 Å². The number of carbonyl (C=O) groups excluding carboxylic acids is 2. The molecule has 1 saturated carbocycles. The lowest BCUT2D eigenvalue weighted by molar-refractivity contribution is -0.147. The molecule has 1 N–H and O–H groups in total. The van der Waals surface area contributed by atoms with Crippen molar-refractivity contribution in [2.45, 2.75) is 70.5 Å². The van der Waals surface area contributed by atoms with Crippen molar-refractivity contribution in [3.05, 3.63) is 70.0 Å². The molecule has 7 nitrogen and oxygen atoms in total. The maximum atomic E-state index is 14.4. The van der Waals surface area contributed by atoms with Crippen molar-refractivity contribution in [2.75, 3.05) is 12.9 Å². The first kappa shape index (κ1) is 26.3. The maximum Gasteiger partial charge on any atom is 0.315 e. The van der Waals surface area contributed by atoms with Gasteiger partial charge in [-0.1, -0.05) is 42.7 Å². The van der Waals surface area contributed by atoms with Gasteiger partial charge in [-0.25, -0.2) is 17.5 Å². The smallest absolute Gasteiger partial charge is 0.315 e. The fourth-order valence-corrected chi connectivity index (χ4v) is 6.59. The van der Waals surface area contributed by atoms with Crippen molar-refractivity contribution >= 4 is 21.9 Å². The number of hydrogen-bond acceptors (Lipinski definition) is 5. The molecule has 0 saturated heterocycles. The zero-order chi connectivity index (χ0) is 26.2. The first-order valence-electron chi connectivity index (χ1n) is 12.3. The van der Waals surface area contributed by atoms with Crippen molar-refractivity contribution in [3.8, 4) is 0 Å². The molecule has 0 aromatic heterocycles. The Morgan fingerprint density at radius 2 is 1.81 bits per heavy atom. The zero-order valence-electron chi connectivity index (χ0n) is 21.1. The summed E-state index contributed by atoms with van der Waals surface area (Å²) in [5.41, 5.74) is 3.25. The van der Waals surface area contributed by atoms with Crippen LogP contribution in [0.3, 0.4) is 0 Å². The predicted octanol–water partition coefficient (Wildman–Crippen LogP) is 4.15. The Kier molecular flexibility index (Phi) is 7.52. The molecule has 1 heterocycles. The number of esters is 1. The molecule has 36 heavy (non-hydrogen) atoms. The Labute approximate surface area is 212 Å². The Morgan fingerprint density at radius 1 is 1.11 bits per heavy atom. The van der Waals surface area contributed by atoms with E-state index in [0.29, 0.717) is 18.4 Å². The first-order valence-corrected chi connectivity index (χ1v) is 14.2. The second-order valence-corrected chi connectivity index (χ2v) is 11.6. The van der Waals surface area contributed by atoms with E-state index in [2.05, 4.69) is 4.72 Å². The lowest BCUT2D eigenvalue weighted by atomic mass is 9.76. The summed E-state index contributed by atoms with van der Waals surface area (Å²) in [6, 6.07) is 7.97. The molecule has 0 unspecified atom stereocenters. The number of sulfonamides is 1. The monoisotopic (exact) mass is 516 g/mol. The topological polar surface area (TPSA) is 92.8 Å². The first-order chi connectivity index (χ1) is 17.0. The summed E-state index contributed by atoms with van der Waals surface area (Å²) in [5, 5.41) is 0.